The van der Waals surface area contributed by atoms with E-state index in [2.05, 4.69) is 9.97 Å². The van der Waals surface area contributed by atoms with Gasteiger partial charge < -0.3 is 4.98 Å². The number of aromatic amines is 1. The van der Waals surface area contributed by atoms with Crippen LogP contribution < -0.4 is 5.56 Å². The number of halogens is 1. The number of nitrogens with one attached hydrogen (secondary N) is 1. The van der Waals surface area contributed by atoms with Crippen LogP contribution in [-0.2, 0) is 5.88 Å². The normalized spacial score (nSPS) is 10.9. The highest BCUT2D eigenvalue weighted by Crippen LogP contribution is 2.36. The van der Waals surface area contributed by atoms with Crippen LogP contribution in [0, 0.1) is 10.1 Å². The molecule has 0 aliphatic carbocycles. The first-order chi connectivity index (χ1) is 10.1. The van der Waals surface area contributed by atoms with Crippen LogP contribution in [0.2, 0.25) is 0 Å². The highest BCUT2D eigenvalue weighted by atomic mass is 35.5. The van der Waals surface area contributed by atoms with Gasteiger partial charge in [-0.15, -0.1) is 22.9 Å². The lowest BCUT2D eigenvalue weighted by molar-refractivity contribution is -0.384. The van der Waals surface area contributed by atoms with E-state index in [0.29, 0.717) is 27.2 Å². The highest BCUT2D eigenvalue weighted by molar-refractivity contribution is 7.17. The third-order valence-corrected chi connectivity index (χ3v) is 4.14. The minimum atomic E-state index is -0.465. The van der Waals surface area contributed by atoms with Crippen molar-refractivity contribution in [2.24, 2.45) is 0 Å². The first-order valence-corrected chi connectivity index (χ1v) is 7.33. The molecule has 0 fully saturated rings. The predicted molar refractivity (Wildman–Crippen MR) is 81.9 cm³/mol. The van der Waals surface area contributed by atoms with Crippen molar-refractivity contribution in [3.05, 3.63) is 55.9 Å². The highest BCUT2D eigenvalue weighted by Gasteiger charge is 2.19. The van der Waals surface area contributed by atoms with Crippen molar-refractivity contribution in [1.29, 1.82) is 0 Å². The molecule has 0 atom stereocenters. The summed E-state index contributed by atoms with van der Waals surface area (Å²) in [5.74, 6) is 0.481. The molecule has 1 N–H and O–H groups in total. The third-order valence-electron chi connectivity index (χ3n) is 3.01. The SMILES string of the molecule is O=c1[nH]c(CCl)nc2scc(-c3ccccc3[N+](=O)[O-])c12. The number of nitrogens with zero attached hydrogens (tertiary/aromatic N) is 2. The number of H-pyrrole nitrogens is 1. The van der Waals surface area contributed by atoms with Gasteiger partial charge in [0.2, 0.25) is 0 Å². The predicted octanol–water partition coefficient (Wildman–Crippen LogP) is 3.30. The van der Waals surface area contributed by atoms with Crippen molar-refractivity contribution < 1.29 is 4.92 Å². The van der Waals surface area contributed by atoms with Crippen LogP contribution in [0.15, 0.2) is 34.4 Å². The Morgan fingerprint density at radius 1 is 1.33 bits per heavy atom. The second kappa shape index (κ2) is 5.27. The fourth-order valence-corrected chi connectivity index (χ4v) is 3.20. The molecule has 8 heteroatoms. The average molecular weight is 322 g/mol. The summed E-state index contributed by atoms with van der Waals surface area (Å²) in [6.07, 6.45) is 0. The van der Waals surface area contributed by atoms with Gasteiger partial charge in [-0.1, -0.05) is 12.1 Å². The molecular formula is C13H8ClN3O3S. The Morgan fingerprint density at radius 2 is 2.10 bits per heavy atom. The molecular weight excluding hydrogens is 314 g/mol. The number of benzene rings is 1. The van der Waals surface area contributed by atoms with E-state index in [1.165, 1.54) is 17.4 Å². The van der Waals surface area contributed by atoms with Gasteiger partial charge in [0.15, 0.2) is 0 Å². The molecule has 3 aromatic rings. The van der Waals surface area contributed by atoms with Crippen molar-refractivity contribution in [3.8, 4) is 11.1 Å². The van der Waals surface area contributed by atoms with E-state index in [0.717, 1.165) is 0 Å². The lowest BCUT2D eigenvalue weighted by Crippen LogP contribution is -2.10. The molecule has 0 aliphatic rings. The molecule has 21 heavy (non-hydrogen) atoms. The molecule has 0 aliphatic heterocycles. The Morgan fingerprint density at radius 3 is 2.81 bits per heavy atom. The fourth-order valence-electron chi connectivity index (χ4n) is 2.12. The van der Waals surface area contributed by atoms with E-state index in [4.69, 9.17) is 11.6 Å². The molecule has 2 heterocycles. The molecule has 6 nitrogen and oxygen atoms in total. The lowest BCUT2D eigenvalue weighted by Gasteiger charge is -2.01. The molecule has 0 spiro atoms. The maximum atomic E-state index is 12.2. The summed E-state index contributed by atoms with van der Waals surface area (Å²) in [4.78, 5) is 30.2. The maximum Gasteiger partial charge on any atom is 0.277 e. The second-order valence-corrected chi connectivity index (χ2v) is 5.38. The molecule has 106 valence electrons. The minimum Gasteiger partial charge on any atom is -0.309 e. The summed E-state index contributed by atoms with van der Waals surface area (Å²) < 4.78 is 0. The maximum absolute atomic E-state index is 12.2. The second-order valence-electron chi connectivity index (χ2n) is 4.25. The molecule has 0 radical (unpaired) electrons. The van der Waals surface area contributed by atoms with Crippen LogP contribution in [0.1, 0.15) is 5.82 Å². The number of aromatic nitrogens is 2. The number of para-hydroxylation sites is 1. The summed E-state index contributed by atoms with van der Waals surface area (Å²) in [5, 5.41) is 13.2. The quantitative estimate of drug-likeness (QED) is 0.455. The summed E-state index contributed by atoms with van der Waals surface area (Å²) in [6.45, 7) is 0. The third kappa shape index (κ3) is 2.30. The van der Waals surface area contributed by atoms with E-state index in [1.54, 1.807) is 23.6 Å². The average Bonchev–Trinajstić information content (AvgIpc) is 2.91. The van der Waals surface area contributed by atoms with Crippen molar-refractivity contribution in [1.82, 2.24) is 9.97 Å². The van der Waals surface area contributed by atoms with E-state index in [9.17, 15) is 14.9 Å². The molecule has 0 saturated carbocycles. The molecule has 0 bridgehead atoms. The Labute approximate surface area is 127 Å². The van der Waals surface area contributed by atoms with Crippen LogP contribution in [0.4, 0.5) is 5.69 Å². The van der Waals surface area contributed by atoms with Crippen LogP contribution in [-0.4, -0.2) is 14.9 Å². The number of nitro benzene ring substituents is 1. The summed E-state index contributed by atoms with van der Waals surface area (Å²) in [7, 11) is 0. The van der Waals surface area contributed by atoms with Crippen LogP contribution in [0.3, 0.4) is 0 Å². The molecule has 0 saturated heterocycles. The van der Waals surface area contributed by atoms with Gasteiger partial charge in [0.1, 0.15) is 10.7 Å². The van der Waals surface area contributed by atoms with Crippen molar-refractivity contribution in [2.75, 3.05) is 0 Å². The summed E-state index contributed by atoms with van der Waals surface area (Å²) >= 11 is 6.93. The topological polar surface area (TPSA) is 88.9 Å². The van der Waals surface area contributed by atoms with Crippen molar-refractivity contribution in [3.63, 3.8) is 0 Å². The van der Waals surface area contributed by atoms with Gasteiger partial charge in [-0.3, -0.25) is 14.9 Å². The number of rotatable bonds is 3. The number of thiophene rings is 1. The van der Waals surface area contributed by atoms with Gasteiger partial charge in [0.25, 0.3) is 11.2 Å². The summed E-state index contributed by atoms with van der Waals surface area (Å²) in [5.41, 5.74) is 0.528. The smallest absolute Gasteiger partial charge is 0.277 e. The fraction of sp³-hybridized carbons (Fsp3) is 0.0769. The van der Waals surface area contributed by atoms with Gasteiger partial charge in [-0.05, 0) is 6.07 Å². The van der Waals surface area contributed by atoms with Crippen LogP contribution in [0.5, 0.6) is 0 Å². The number of hydrogen-bond acceptors (Lipinski definition) is 5. The number of alkyl halides is 1. The first-order valence-electron chi connectivity index (χ1n) is 5.92. The lowest BCUT2D eigenvalue weighted by atomic mass is 10.0. The molecule has 1 aromatic carbocycles. The summed E-state index contributed by atoms with van der Waals surface area (Å²) in [6, 6.07) is 6.31. The minimum absolute atomic E-state index is 0.0435. The molecule has 3 rings (SSSR count). The Kier molecular flexibility index (Phi) is 3.44. The zero-order valence-corrected chi connectivity index (χ0v) is 12.1. The largest absolute Gasteiger partial charge is 0.309 e. The number of hydrogen-bond donors (Lipinski definition) is 1. The Hall–Kier alpha value is -2.25. The van der Waals surface area contributed by atoms with Crippen molar-refractivity contribution >= 4 is 38.8 Å². The van der Waals surface area contributed by atoms with E-state index in [1.807, 2.05) is 0 Å². The Bertz CT molecular complexity index is 903. The molecule has 0 amide bonds. The van der Waals surface area contributed by atoms with Crippen LogP contribution >= 0.6 is 22.9 Å². The zero-order valence-electron chi connectivity index (χ0n) is 10.5. The molecule has 0 unspecified atom stereocenters. The zero-order chi connectivity index (χ0) is 15.0. The molecule has 2 aromatic heterocycles. The van der Waals surface area contributed by atoms with Gasteiger partial charge in [-0.25, -0.2) is 4.98 Å². The van der Waals surface area contributed by atoms with Crippen LogP contribution in [0.25, 0.3) is 21.3 Å². The standard InChI is InChI=1S/C13H8ClN3O3S/c14-5-10-15-12(18)11-8(6-21-13(11)16-10)7-3-1-2-4-9(7)17(19)20/h1-4,6H,5H2,(H,15,16,18). The van der Waals surface area contributed by atoms with E-state index >= 15 is 0 Å². The number of nitro groups is 1. The van der Waals surface area contributed by atoms with Crippen molar-refractivity contribution in [2.45, 2.75) is 5.88 Å². The van der Waals surface area contributed by atoms with Gasteiger partial charge in [0.05, 0.1) is 21.8 Å². The van der Waals surface area contributed by atoms with Gasteiger partial charge >= 0.3 is 0 Å². The van der Waals surface area contributed by atoms with Gasteiger partial charge in [0, 0.05) is 17.0 Å². The van der Waals surface area contributed by atoms with E-state index < -0.39 is 4.92 Å². The monoisotopic (exact) mass is 321 g/mol. The van der Waals surface area contributed by atoms with E-state index in [-0.39, 0.29) is 17.1 Å². The van der Waals surface area contributed by atoms with Gasteiger partial charge in [-0.2, -0.15) is 0 Å². The number of fused-ring (bicyclic) bond motifs is 1. The Balaban J connectivity index is 2.33. The first kappa shape index (κ1) is 13.7.